The maximum Gasteiger partial charge on any atom is 0.416 e. The molecule has 0 fully saturated rings. The summed E-state index contributed by atoms with van der Waals surface area (Å²) in [6, 6.07) is 5.34. The van der Waals surface area contributed by atoms with Crippen LogP contribution in [0.4, 0.5) is 26.3 Å². The van der Waals surface area contributed by atoms with Gasteiger partial charge in [0.2, 0.25) is 11.8 Å². The Morgan fingerprint density at radius 1 is 1.00 bits per heavy atom. The van der Waals surface area contributed by atoms with Crippen molar-refractivity contribution in [2.24, 2.45) is 5.73 Å². The second-order valence-electron chi connectivity index (χ2n) is 8.10. The van der Waals surface area contributed by atoms with Crippen LogP contribution in [0.5, 0.6) is 5.75 Å². The number of hydrogen-bond acceptors (Lipinski definition) is 5. The molecule has 0 aromatic heterocycles. The molecule has 0 heterocycles. The number of ether oxygens (including phenoxy) is 1. The first kappa shape index (κ1) is 29.4. The maximum absolute atomic E-state index is 13.0. The number of likely N-dealkylation sites (N-methyl/N-ethyl adjacent to an activating group) is 1. The van der Waals surface area contributed by atoms with E-state index in [1.54, 1.807) is 0 Å². The van der Waals surface area contributed by atoms with Gasteiger partial charge in [0.15, 0.2) is 0 Å². The minimum atomic E-state index is -5.00. The van der Waals surface area contributed by atoms with E-state index in [2.05, 4.69) is 0 Å². The summed E-state index contributed by atoms with van der Waals surface area (Å²) < 4.78 is 83.6. The molecule has 8 nitrogen and oxygen atoms in total. The van der Waals surface area contributed by atoms with Gasteiger partial charge in [-0.15, -0.1) is 0 Å². The second-order valence-corrected chi connectivity index (χ2v) is 8.10. The SMILES string of the molecule is C[C@@H](C(=O)NO)N(C)C(=O)[C@H](CC(N)=O)c1ccc(OCc2cc(C(F)(F)F)cc(C(F)(F)F)c2)cc1. The van der Waals surface area contributed by atoms with Gasteiger partial charge in [-0.05, 0) is 48.4 Å². The fraction of sp³-hybridized carbons (Fsp3) is 0.348. The van der Waals surface area contributed by atoms with Crippen LogP contribution in [0.15, 0.2) is 42.5 Å². The molecule has 0 aliphatic heterocycles. The molecular formula is C23H23F6N3O5. The minimum Gasteiger partial charge on any atom is -0.489 e. The Morgan fingerprint density at radius 3 is 1.95 bits per heavy atom. The van der Waals surface area contributed by atoms with E-state index in [1.165, 1.54) is 43.7 Å². The fourth-order valence-electron chi connectivity index (χ4n) is 3.32. The Hall–Kier alpha value is -3.81. The van der Waals surface area contributed by atoms with Crippen molar-refractivity contribution in [2.45, 2.75) is 44.3 Å². The molecule has 3 amide bonds. The van der Waals surface area contributed by atoms with Crippen LogP contribution in [-0.2, 0) is 33.3 Å². The molecule has 0 bridgehead atoms. The number of nitrogens with two attached hydrogens (primary N) is 1. The van der Waals surface area contributed by atoms with Gasteiger partial charge in [0.1, 0.15) is 18.4 Å². The first-order chi connectivity index (χ1) is 17.0. The van der Waals surface area contributed by atoms with Crippen LogP contribution in [0, 0.1) is 0 Å². The van der Waals surface area contributed by atoms with E-state index in [4.69, 9.17) is 15.7 Å². The average molecular weight is 535 g/mol. The molecule has 4 N–H and O–H groups in total. The summed E-state index contributed by atoms with van der Waals surface area (Å²) in [6.07, 6.45) is -10.4. The number of hydroxylamine groups is 1. The van der Waals surface area contributed by atoms with E-state index >= 15 is 0 Å². The molecule has 37 heavy (non-hydrogen) atoms. The van der Waals surface area contributed by atoms with Crippen LogP contribution in [0.1, 0.15) is 41.5 Å². The summed E-state index contributed by atoms with van der Waals surface area (Å²) in [5, 5.41) is 8.77. The second kappa shape index (κ2) is 11.5. The molecule has 0 spiro atoms. The van der Waals surface area contributed by atoms with Crippen molar-refractivity contribution in [2.75, 3.05) is 7.05 Å². The van der Waals surface area contributed by atoms with Gasteiger partial charge < -0.3 is 15.4 Å². The Labute approximate surface area is 206 Å². The topological polar surface area (TPSA) is 122 Å². The van der Waals surface area contributed by atoms with Gasteiger partial charge in [0, 0.05) is 13.5 Å². The van der Waals surface area contributed by atoms with Crippen molar-refractivity contribution in [1.29, 1.82) is 0 Å². The molecule has 0 saturated carbocycles. The number of primary amides is 1. The van der Waals surface area contributed by atoms with Gasteiger partial charge >= 0.3 is 12.4 Å². The summed E-state index contributed by atoms with van der Waals surface area (Å²) in [6.45, 7) is 0.714. The highest BCUT2D eigenvalue weighted by Crippen LogP contribution is 2.36. The van der Waals surface area contributed by atoms with Crippen LogP contribution in [-0.4, -0.2) is 40.9 Å². The summed E-state index contributed by atoms with van der Waals surface area (Å²) in [7, 11) is 1.28. The highest BCUT2D eigenvalue weighted by atomic mass is 19.4. The third-order valence-corrected chi connectivity index (χ3v) is 5.46. The van der Waals surface area contributed by atoms with E-state index in [-0.39, 0.29) is 22.9 Å². The van der Waals surface area contributed by atoms with Crippen molar-refractivity contribution in [1.82, 2.24) is 10.4 Å². The highest BCUT2D eigenvalue weighted by Gasteiger charge is 2.37. The fourth-order valence-corrected chi connectivity index (χ4v) is 3.32. The predicted molar refractivity (Wildman–Crippen MR) is 116 cm³/mol. The van der Waals surface area contributed by atoms with Crippen molar-refractivity contribution < 1.29 is 50.7 Å². The number of halogens is 6. The lowest BCUT2D eigenvalue weighted by Gasteiger charge is -2.27. The minimum absolute atomic E-state index is 0.0102. The van der Waals surface area contributed by atoms with E-state index in [0.29, 0.717) is 12.1 Å². The van der Waals surface area contributed by atoms with Crippen LogP contribution < -0.4 is 16.0 Å². The molecule has 14 heteroatoms. The smallest absolute Gasteiger partial charge is 0.416 e. The zero-order valence-corrected chi connectivity index (χ0v) is 19.5. The van der Waals surface area contributed by atoms with Gasteiger partial charge in [-0.25, -0.2) is 5.48 Å². The number of amides is 3. The third-order valence-electron chi connectivity index (χ3n) is 5.46. The molecule has 0 aliphatic rings. The van der Waals surface area contributed by atoms with Crippen LogP contribution in [0.25, 0.3) is 0 Å². The van der Waals surface area contributed by atoms with Crippen LogP contribution >= 0.6 is 0 Å². The predicted octanol–water partition coefficient (Wildman–Crippen LogP) is 3.61. The molecule has 0 aliphatic carbocycles. The summed E-state index contributed by atoms with van der Waals surface area (Å²) in [5.74, 6) is -3.44. The van der Waals surface area contributed by atoms with Crippen LogP contribution in [0.3, 0.4) is 0 Å². The number of hydrogen-bond donors (Lipinski definition) is 3. The lowest BCUT2D eigenvalue weighted by molar-refractivity contribution is -0.143. The number of benzene rings is 2. The Morgan fingerprint density at radius 2 is 1.51 bits per heavy atom. The molecule has 2 atom stereocenters. The zero-order valence-electron chi connectivity index (χ0n) is 19.5. The van der Waals surface area contributed by atoms with Gasteiger partial charge in [-0.3, -0.25) is 19.6 Å². The Bertz CT molecular complexity index is 1100. The highest BCUT2D eigenvalue weighted by molar-refractivity contribution is 5.92. The molecule has 0 saturated heterocycles. The summed E-state index contributed by atoms with van der Waals surface area (Å²) in [4.78, 5) is 37.1. The van der Waals surface area contributed by atoms with Gasteiger partial charge in [-0.2, -0.15) is 26.3 Å². The van der Waals surface area contributed by atoms with Gasteiger partial charge in [0.25, 0.3) is 5.91 Å². The lowest BCUT2D eigenvalue weighted by atomic mass is 9.93. The molecule has 0 unspecified atom stereocenters. The van der Waals surface area contributed by atoms with Crippen molar-refractivity contribution in [3.05, 3.63) is 64.7 Å². The van der Waals surface area contributed by atoms with Crippen LogP contribution in [0.2, 0.25) is 0 Å². The normalized spacial score (nSPS) is 13.4. The van der Waals surface area contributed by atoms with E-state index in [0.717, 1.165) is 4.90 Å². The van der Waals surface area contributed by atoms with E-state index in [1.807, 2.05) is 0 Å². The number of alkyl halides is 6. The third kappa shape index (κ3) is 7.84. The number of nitrogens with one attached hydrogen (secondary N) is 1. The number of rotatable bonds is 9. The summed E-state index contributed by atoms with van der Waals surface area (Å²) in [5.41, 5.74) is 3.61. The zero-order chi connectivity index (χ0) is 28.1. The molecule has 2 aromatic rings. The molecule has 2 rings (SSSR count). The molecular weight excluding hydrogens is 512 g/mol. The quantitative estimate of drug-likeness (QED) is 0.257. The largest absolute Gasteiger partial charge is 0.489 e. The van der Waals surface area contributed by atoms with E-state index in [9.17, 15) is 40.7 Å². The van der Waals surface area contributed by atoms with Crippen molar-refractivity contribution in [3.63, 3.8) is 0 Å². The van der Waals surface area contributed by atoms with Gasteiger partial charge in [0.05, 0.1) is 17.0 Å². The standard InChI is InChI=1S/C23H23F6N3O5/c1-12(20(34)31-36)32(2)21(35)18(10-19(30)33)14-3-5-17(6-4-14)37-11-13-7-15(22(24,25)26)9-16(8-13)23(27,28)29/h3-9,12,18,36H,10-11H2,1-2H3,(H2,30,33)(H,31,34)/t12-,18+/m0/s1. The van der Waals surface area contributed by atoms with Crippen molar-refractivity contribution >= 4 is 17.7 Å². The monoisotopic (exact) mass is 535 g/mol. The number of carbonyl (C=O) groups excluding carboxylic acids is 3. The van der Waals surface area contributed by atoms with Gasteiger partial charge in [-0.1, -0.05) is 12.1 Å². The summed E-state index contributed by atoms with van der Waals surface area (Å²) >= 11 is 0. The van der Waals surface area contributed by atoms with Crippen molar-refractivity contribution in [3.8, 4) is 5.75 Å². The molecule has 202 valence electrons. The maximum atomic E-state index is 13.0. The first-order valence-corrected chi connectivity index (χ1v) is 10.5. The first-order valence-electron chi connectivity index (χ1n) is 10.5. The van der Waals surface area contributed by atoms with E-state index < -0.39 is 66.2 Å². The number of carbonyl (C=O) groups is 3. The number of nitrogens with zero attached hydrogens (tertiary/aromatic N) is 1. The average Bonchev–Trinajstić information content (AvgIpc) is 2.83. The molecule has 0 radical (unpaired) electrons. The Balaban J connectivity index is 2.25. The Kier molecular flexibility index (Phi) is 9.14. The lowest BCUT2D eigenvalue weighted by Crippen LogP contribution is -2.47. The molecule has 2 aromatic carbocycles.